The number of rotatable bonds is 5. The second kappa shape index (κ2) is 6.34. The van der Waals surface area contributed by atoms with E-state index >= 15 is 0 Å². The molecule has 0 aliphatic carbocycles. The van der Waals surface area contributed by atoms with Gasteiger partial charge in [0.2, 0.25) is 0 Å². The Hall–Kier alpha value is -1.87. The van der Waals surface area contributed by atoms with Gasteiger partial charge in [-0.3, -0.25) is 4.79 Å². The van der Waals surface area contributed by atoms with Crippen LogP contribution in [0.2, 0.25) is 0 Å². The normalized spacial score (nSPS) is 12.3. The number of benzene rings is 2. The van der Waals surface area contributed by atoms with Crippen molar-refractivity contribution in [2.75, 3.05) is 6.61 Å². The highest BCUT2D eigenvalue weighted by atomic mass is 16.5. The molecule has 0 saturated heterocycles. The lowest BCUT2D eigenvalue weighted by atomic mass is 10.0. The van der Waals surface area contributed by atoms with Crippen LogP contribution in [0.4, 0.5) is 0 Å². The molecule has 0 radical (unpaired) electrons. The number of esters is 1. The summed E-state index contributed by atoms with van der Waals surface area (Å²) < 4.78 is 4.90. The quantitative estimate of drug-likeness (QED) is 0.838. The Bertz CT molecular complexity index is 565. The van der Waals surface area contributed by atoms with E-state index in [1.54, 1.807) is 6.92 Å². The molecule has 1 unspecified atom stereocenters. The molecule has 3 heteroatoms. The summed E-state index contributed by atoms with van der Waals surface area (Å²) in [5.41, 5.74) is 7.13. The van der Waals surface area contributed by atoms with Gasteiger partial charge in [-0.1, -0.05) is 42.5 Å². The third-order valence-electron chi connectivity index (χ3n) is 3.05. The second-order valence-electron chi connectivity index (χ2n) is 4.65. The van der Waals surface area contributed by atoms with Gasteiger partial charge in [0.1, 0.15) is 0 Å². The van der Waals surface area contributed by atoms with Crippen LogP contribution in [-0.2, 0) is 16.0 Å². The molecular weight excluding hydrogens is 238 g/mol. The first-order valence-electron chi connectivity index (χ1n) is 6.58. The molecule has 19 heavy (non-hydrogen) atoms. The SMILES string of the molecule is CCOC(=O)CC(N)Cc1ccc2ccccc2c1. The minimum absolute atomic E-state index is 0.194. The Kier molecular flexibility index (Phi) is 4.53. The van der Waals surface area contributed by atoms with Crippen LogP contribution in [0.25, 0.3) is 10.8 Å². The van der Waals surface area contributed by atoms with Gasteiger partial charge < -0.3 is 10.5 Å². The first kappa shape index (κ1) is 13.6. The van der Waals surface area contributed by atoms with Crippen molar-refractivity contribution in [3.63, 3.8) is 0 Å². The monoisotopic (exact) mass is 257 g/mol. The van der Waals surface area contributed by atoms with E-state index in [-0.39, 0.29) is 18.4 Å². The summed E-state index contributed by atoms with van der Waals surface area (Å²) in [5, 5.41) is 2.41. The summed E-state index contributed by atoms with van der Waals surface area (Å²) in [5.74, 6) is -0.226. The van der Waals surface area contributed by atoms with Gasteiger partial charge in [0.15, 0.2) is 0 Å². The smallest absolute Gasteiger partial charge is 0.307 e. The first-order chi connectivity index (χ1) is 9.19. The number of ether oxygens (including phenoxy) is 1. The molecule has 0 aliphatic heterocycles. The van der Waals surface area contributed by atoms with E-state index in [2.05, 4.69) is 30.3 Å². The van der Waals surface area contributed by atoms with Crippen LogP contribution in [0.1, 0.15) is 18.9 Å². The lowest BCUT2D eigenvalue weighted by Crippen LogP contribution is -2.27. The van der Waals surface area contributed by atoms with Gasteiger partial charge in [0.05, 0.1) is 13.0 Å². The average Bonchev–Trinajstić information content (AvgIpc) is 2.38. The van der Waals surface area contributed by atoms with E-state index in [0.29, 0.717) is 13.0 Å². The van der Waals surface area contributed by atoms with Crippen LogP contribution < -0.4 is 5.73 Å². The lowest BCUT2D eigenvalue weighted by Gasteiger charge is -2.11. The number of hydrogen-bond acceptors (Lipinski definition) is 3. The fourth-order valence-corrected chi connectivity index (χ4v) is 2.17. The van der Waals surface area contributed by atoms with Crippen LogP contribution in [0, 0.1) is 0 Å². The molecule has 3 nitrogen and oxygen atoms in total. The van der Waals surface area contributed by atoms with Crippen LogP contribution >= 0.6 is 0 Å². The third kappa shape index (κ3) is 3.80. The maximum absolute atomic E-state index is 11.4. The Morgan fingerprint density at radius 2 is 1.95 bits per heavy atom. The predicted octanol–water partition coefficient (Wildman–Crippen LogP) is 2.66. The maximum atomic E-state index is 11.4. The Labute approximate surface area is 113 Å². The number of carbonyl (C=O) groups excluding carboxylic acids is 1. The van der Waals surface area contributed by atoms with Gasteiger partial charge >= 0.3 is 5.97 Å². The summed E-state index contributed by atoms with van der Waals surface area (Å²) in [6.07, 6.45) is 0.949. The minimum atomic E-state index is -0.226. The van der Waals surface area contributed by atoms with Crippen molar-refractivity contribution in [3.05, 3.63) is 48.0 Å². The highest BCUT2D eigenvalue weighted by Crippen LogP contribution is 2.16. The van der Waals surface area contributed by atoms with Crippen molar-refractivity contribution >= 4 is 16.7 Å². The van der Waals surface area contributed by atoms with Gasteiger partial charge in [0, 0.05) is 6.04 Å². The van der Waals surface area contributed by atoms with E-state index in [0.717, 1.165) is 5.56 Å². The molecule has 0 spiro atoms. The van der Waals surface area contributed by atoms with Gasteiger partial charge in [-0.15, -0.1) is 0 Å². The zero-order chi connectivity index (χ0) is 13.7. The van der Waals surface area contributed by atoms with Crippen molar-refractivity contribution in [1.82, 2.24) is 0 Å². The van der Waals surface area contributed by atoms with Gasteiger partial charge in [-0.05, 0) is 29.7 Å². The fraction of sp³-hybridized carbons (Fsp3) is 0.312. The van der Waals surface area contributed by atoms with Gasteiger partial charge in [-0.25, -0.2) is 0 Å². The van der Waals surface area contributed by atoms with Crippen molar-refractivity contribution < 1.29 is 9.53 Å². The summed E-state index contributed by atoms with van der Waals surface area (Å²) in [7, 11) is 0. The molecule has 0 aliphatic rings. The van der Waals surface area contributed by atoms with Crippen molar-refractivity contribution in [2.45, 2.75) is 25.8 Å². The summed E-state index contributed by atoms with van der Waals surface area (Å²) >= 11 is 0. The van der Waals surface area contributed by atoms with Crippen molar-refractivity contribution in [2.24, 2.45) is 5.73 Å². The molecule has 1 atom stereocenters. The molecule has 0 aromatic heterocycles. The zero-order valence-corrected chi connectivity index (χ0v) is 11.1. The molecule has 0 amide bonds. The van der Waals surface area contributed by atoms with E-state index in [1.807, 2.05) is 12.1 Å². The zero-order valence-electron chi connectivity index (χ0n) is 11.1. The van der Waals surface area contributed by atoms with Crippen molar-refractivity contribution in [1.29, 1.82) is 0 Å². The molecule has 0 heterocycles. The summed E-state index contributed by atoms with van der Waals surface area (Å²) in [6.45, 7) is 2.20. The van der Waals surface area contributed by atoms with Crippen LogP contribution in [0.15, 0.2) is 42.5 Å². The highest BCUT2D eigenvalue weighted by Gasteiger charge is 2.11. The van der Waals surface area contributed by atoms with E-state index < -0.39 is 0 Å². The molecule has 2 aromatic rings. The minimum Gasteiger partial charge on any atom is -0.466 e. The molecule has 2 aromatic carbocycles. The van der Waals surface area contributed by atoms with Crippen molar-refractivity contribution in [3.8, 4) is 0 Å². The molecule has 0 saturated carbocycles. The number of hydrogen-bond donors (Lipinski definition) is 1. The molecule has 0 fully saturated rings. The fourth-order valence-electron chi connectivity index (χ4n) is 2.17. The largest absolute Gasteiger partial charge is 0.466 e. The summed E-state index contributed by atoms with van der Waals surface area (Å²) in [4.78, 5) is 11.4. The molecule has 2 rings (SSSR count). The Balaban J connectivity index is 2.02. The van der Waals surface area contributed by atoms with E-state index in [4.69, 9.17) is 10.5 Å². The van der Waals surface area contributed by atoms with Crippen LogP contribution in [-0.4, -0.2) is 18.6 Å². The molecule has 0 bridgehead atoms. The molecule has 2 N–H and O–H groups in total. The standard InChI is InChI=1S/C16H19NO2/c1-2-19-16(18)11-15(17)10-12-7-8-13-5-3-4-6-14(13)9-12/h3-9,15H,2,10-11,17H2,1H3. The number of carbonyl (C=O) groups is 1. The van der Waals surface area contributed by atoms with E-state index in [1.165, 1.54) is 10.8 Å². The predicted molar refractivity (Wildman–Crippen MR) is 76.9 cm³/mol. The van der Waals surface area contributed by atoms with Crippen LogP contribution in [0.5, 0.6) is 0 Å². The third-order valence-corrected chi connectivity index (χ3v) is 3.05. The number of nitrogens with two attached hydrogens (primary N) is 1. The second-order valence-corrected chi connectivity index (χ2v) is 4.65. The Morgan fingerprint density at radius 3 is 2.68 bits per heavy atom. The Morgan fingerprint density at radius 1 is 1.21 bits per heavy atom. The molecular formula is C16H19NO2. The van der Waals surface area contributed by atoms with E-state index in [9.17, 15) is 4.79 Å². The van der Waals surface area contributed by atoms with Gasteiger partial charge in [0.25, 0.3) is 0 Å². The number of fused-ring (bicyclic) bond motifs is 1. The first-order valence-corrected chi connectivity index (χ1v) is 6.58. The lowest BCUT2D eigenvalue weighted by molar-refractivity contribution is -0.143. The average molecular weight is 257 g/mol. The van der Waals surface area contributed by atoms with Crippen LogP contribution in [0.3, 0.4) is 0 Å². The topological polar surface area (TPSA) is 52.3 Å². The summed E-state index contributed by atoms with van der Waals surface area (Å²) in [6, 6.07) is 14.3. The molecule has 100 valence electrons. The van der Waals surface area contributed by atoms with Gasteiger partial charge in [-0.2, -0.15) is 0 Å². The highest BCUT2D eigenvalue weighted by molar-refractivity contribution is 5.83. The maximum Gasteiger partial charge on any atom is 0.307 e.